The van der Waals surface area contributed by atoms with Crippen LogP contribution in [0.4, 0.5) is 13.2 Å². The average Bonchev–Trinajstić information content (AvgIpc) is 2.33. The maximum atomic E-state index is 11.7. The van der Waals surface area contributed by atoms with Crippen LogP contribution in [0.1, 0.15) is 5.69 Å². The predicted molar refractivity (Wildman–Crippen MR) is 38.8 cm³/mol. The summed E-state index contributed by atoms with van der Waals surface area (Å²) < 4.78 is 36.4. The Morgan fingerprint density at radius 2 is 2.23 bits per heavy atom. The second-order valence-electron chi connectivity index (χ2n) is 2.60. The predicted octanol–water partition coefficient (Wildman–Crippen LogP) is 0.467. The Labute approximate surface area is 72.7 Å². The van der Waals surface area contributed by atoms with Crippen molar-refractivity contribution in [1.82, 2.24) is 20.3 Å². The first-order chi connectivity index (χ1) is 5.97. The monoisotopic (exact) mass is 194 g/mol. The Bertz CT molecular complexity index is 267. The van der Waals surface area contributed by atoms with E-state index in [1.807, 2.05) is 0 Å². The summed E-state index contributed by atoms with van der Waals surface area (Å²) in [5, 5.41) is 9.41. The van der Waals surface area contributed by atoms with Crippen LogP contribution in [0.5, 0.6) is 0 Å². The Balaban J connectivity index is 2.28. The fourth-order valence-electron chi connectivity index (χ4n) is 0.809. The lowest BCUT2D eigenvalue weighted by atomic mass is 10.4. The standard InChI is InChI=1S/C6H9F3N4/c1-13-3-5(11-12-13)2-10-4-6(7,8)9/h3,10H,2,4H2,1H3. The number of aryl methyl sites for hydroxylation is 1. The van der Waals surface area contributed by atoms with E-state index in [1.54, 1.807) is 13.2 Å². The van der Waals surface area contributed by atoms with Gasteiger partial charge in [-0.05, 0) is 0 Å². The summed E-state index contributed by atoms with van der Waals surface area (Å²) >= 11 is 0. The summed E-state index contributed by atoms with van der Waals surface area (Å²) in [4.78, 5) is 0. The number of nitrogens with zero attached hydrogens (tertiary/aromatic N) is 3. The number of halogens is 3. The number of hydrogen-bond acceptors (Lipinski definition) is 3. The molecule has 0 bridgehead atoms. The minimum atomic E-state index is -4.18. The van der Waals surface area contributed by atoms with Gasteiger partial charge in [0.2, 0.25) is 0 Å². The van der Waals surface area contributed by atoms with Crippen LogP contribution in [-0.4, -0.2) is 27.7 Å². The van der Waals surface area contributed by atoms with Crippen molar-refractivity contribution in [2.24, 2.45) is 7.05 Å². The molecule has 1 N–H and O–H groups in total. The lowest BCUT2D eigenvalue weighted by molar-refractivity contribution is -0.125. The number of alkyl halides is 3. The number of rotatable bonds is 3. The largest absolute Gasteiger partial charge is 0.401 e. The van der Waals surface area contributed by atoms with Crippen molar-refractivity contribution in [2.75, 3.05) is 6.54 Å². The minimum Gasteiger partial charge on any atom is -0.303 e. The highest BCUT2D eigenvalue weighted by Crippen LogP contribution is 2.12. The summed E-state index contributed by atoms with van der Waals surface area (Å²) in [6.45, 7) is -0.934. The quantitative estimate of drug-likeness (QED) is 0.760. The maximum Gasteiger partial charge on any atom is 0.401 e. The Morgan fingerprint density at radius 1 is 1.54 bits per heavy atom. The Morgan fingerprint density at radius 3 is 2.69 bits per heavy atom. The van der Waals surface area contributed by atoms with Crippen molar-refractivity contribution in [2.45, 2.75) is 12.7 Å². The molecule has 13 heavy (non-hydrogen) atoms. The normalized spacial score (nSPS) is 12.0. The van der Waals surface area contributed by atoms with Gasteiger partial charge in [0.25, 0.3) is 0 Å². The molecule has 1 aromatic rings. The smallest absolute Gasteiger partial charge is 0.303 e. The molecule has 0 saturated heterocycles. The molecule has 0 spiro atoms. The zero-order chi connectivity index (χ0) is 9.90. The first kappa shape index (κ1) is 9.97. The molecule has 0 aliphatic heterocycles. The van der Waals surface area contributed by atoms with Crippen LogP contribution in [0.15, 0.2) is 6.20 Å². The first-order valence-electron chi connectivity index (χ1n) is 3.60. The van der Waals surface area contributed by atoms with E-state index in [1.165, 1.54) is 4.68 Å². The van der Waals surface area contributed by atoms with Crippen molar-refractivity contribution in [1.29, 1.82) is 0 Å². The van der Waals surface area contributed by atoms with Crippen molar-refractivity contribution < 1.29 is 13.2 Å². The number of aromatic nitrogens is 3. The number of hydrogen-bond donors (Lipinski definition) is 1. The third-order valence-corrected chi connectivity index (χ3v) is 1.28. The molecule has 1 rings (SSSR count). The highest BCUT2D eigenvalue weighted by Gasteiger charge is 2.26. The molecule has 1 aromatic heterocycles. The van der Waals surface area contributed by atoms with Crippen molar-refractivity contribution >= 4 is 0 Å². The maximum absolute atomic E-state index is 11.7. The molecule has 7 heteroatoms. The van der Waals surface area contributed by atoms with E-state index in [9.17, 15) is 13.2 Å². The van der Waals surface area contributed by atoms with Crippen molar-refractivity contribution in [3.05, 3.63) is 11.9 Å². The van der Waals surface area contributed by atoms with Crippen LogP contribution in [0.25, 0.3) is 0 Å². The summed E-state index contributed by atoms with van der Waals surface area (Å²) in [6.07, 6.45) is -2.62. The van der Waals surface area contributed by atoms with Crippen LogP contribution in [0, 0.1) is 0 Å². The van der Waals surface area contributed by atoms with Gasteiger partial charge in [-0.25, -0.2) is 0 Å². The molecule has 0 aromatic carbocycles. The molecule has 0 saturated carbocycles. The second kappa shape index (κ2) is 3.73. The zero-order valence-corrected chi connectivity index (χ0v) is 6.97. The van der Waals surface area contributed by atoms with Gasteiger partial charge in [0, 0.05) is 19.8 Å². The Kier molecular flexibility index (Phi) is 2.86. The molecule has 0 fully saturated rings. The van der Waals surface area contributed by atoms with E-state index in [0.29, 0.717) is 5.69 Å². The van der Waals surface area contributed by atoms with E-state index in [2.05, 4.69) is 15.6 Å². The lowest BCUT2D eigenvalue weighted by Crippen LogP contribution is -2.28. The Hall–Kier alpha value is -1.11. The summed E-state index contributed by atoms with van der Waals surface area (Å²) in [5.41, 5.74) is 0.492. The third-order valence-electron chi connectivity index (χ3n) is 1.28. The molecule has 0 aliphatic rings. The van der Waals surface area contributed by atoms with Gasteiger partial charge >= 0.3 is 6.18 Å². The molecular weight excluding hydrogens is 185 g/mol. The van der Waals surface area contributed by atoms with Gasteiger partial charge in [-0.2, -0.15) is 13.2 Å². The van der Waals surface area contributed by atoms with Gasteiger partial charge in [-0.1, -0.05) is 5.21 Å². The molecule has 0 amide bonds. The van der Waals surface area contributed by atoms with Gasteiger partial charge < -0.3 is 5.32 Å². The van der Waals surface area contributed by atoms with E-state index in [0.717, 1.165) is 0 Å². The molecule has 4 nitrogen and oxygen atoms in total. The van der Waals surface area contributed by atoms with Crippen LogP contribution in [0.3, 0.4) is 0 Å². The summed E-state index contributed by atoms with van der Waals surface area (Å²) in [5.74, 6) is 0. The van der Waals surface area contributed by atoms with Crippen molar-refractivity contribution in [3.63, 3.8) is 0 Å². The molecule has 0 unspecified atom stereocenters. The number of nitrogens with one attached hydrogen (secondary N) is 1. The molecule has 0 atom stereocenters. The highest BCUT2D eigenvalue weighted by molar-refractivity contribution is 4.90. The van der Waals surface area contributed by atoms with Gasteiger partial charge in [-0.3, -0.25) is 4.68 Å². The van der Waals surface area contributed by atoms with Gasteiger partial charge in [-0.15, -0.1) is 5.10 Å². The first-order valence-corrected chi connectivity index (χ1v) is 3.60. The van der Waals surface area contributed by atoms with Crippen LogP contribution in [0.2, 0.25) is 0 Å². The lowest BCUT2D eigenvalue weighted by Gasteiger charge is -2.05. The van der Waals surface area contributed by atoms with Gasteiger partial charge in [0.1, 0.15) is 0 Å². The fourth-order valence-corrected chi connectivity index (χ4v) is 0.809. The molecule has 0 aliphatic carbocycles. The van der Waals surface area contributed by atoms with Gasteiger partial charge in [0.15, 0.2) is 0 Å². The molecule has 0 radical (unpaired) electrons. The fraction of sp³-hybridized carbons (Fsp3) is 0.667. The summed E-state index contributed by atoms with van der Waals surface area (Å²) in [6, 6.07) is 0. The summed E-state index contributed by atoms with van der Waals surface area (Å²) in [7, 11) is 1.65. The third kappa shape index (κ3) is 3.88. The highest BCUT2D eigenvalue weighted by atomic mass is 19.4. The van der Waals surface area contributed by atoms with Crippen LogP contribution >= 0.6 is 0 Å². The van der Waals surface area contributed by atoms with E-state index in [-0.39, 0.29) is 6.54 Å². The van der Waals surface area contributed by atoms with Gasteiger partial charge in [0.05, 0.1) is 12.2 Å². The molecular formula is C6H9F3N4. The molecule has 74 valence electrons. The SMILES string of the molecule is Cn1cc(CNCC(F)(F)F)nn1. The topological polar surface area (TPSA) is 42.7 Å². The average molecular weight is 194 g/mol. The minimum absolute atomic E-state index is 0.0767. The van der Waals surface area contributed by atoms with Crippen LogP contribution < -0.4 is 5.32 Å². The van der Waals surface area contributed by atoms with Crippen molar-refractivity contribution in [3.8, 4) is 0 Å². The van der Waals surface area contributed by atoms with E-state index in [4.69, 9.17) is 0 Å². The molecule has 1 heterocycles. The second-order valence-corrected chi connectivity index (χ2v) is 2.60. The van der Waals surface area contributed by atoms with Crippen LogP contribution in [-0.2, 0) is 13.6 Å². The zero-order valence-electron chi connectivity index (χ0n) is 6.97. The van der Waals surface area contributed by atoms with E-state index < -0.39 is 12.7 Å². The van der Waals surface area contributed by atoms with E-state index >= 15 is 0 Å².